The number of halogens is 1. The van der Waals surface area contributed by atoms with Crippen LogP contribution in [0.1, 0.15) is 0 Å². The highest BCUT2D eigenvalue weighted by atomic mass is 79.9. The Morgan fingerprint density at radius 3 is 2.86 bits per heavy atom. The molecule has 114 valence electrons. The third kappa shape index (κ3) is 3.33. The van der Waals surface area contributed by atoms with E-state index in [0.29, 0.717) is 29.8 Å². The van der Waals surface area contributed by atoms with E-state index in [2.05, 4.69) is 21.2 Å². The van der Waals surface area contributed by atoms with Gasteiger partial charge in [0.2, 0.25) is 5.91 Å². The summed E-state index contributed by atoms with van der Waals surface area (Å²) in [6.07, 6.45) is 0. The van der Waals surface area contributed by atoms with Gasteiger partial charge in [-0.05, 0) is 12.1 Å². The number of nitro groups is 1. The fraction of sp³-hybridized carbons (Fsp3) is 0.462. The minimum absolute atomic E-state index is 0.00262. The molecule has 1 aliphatic heterocycles. The second kappa shape index (κ2) is 6.40. The molecule has 1 atom stereocenters. The minimum atomic E-state index is -0.436. The molecular formula is C13H17BrN4O3. The maximum Gasteiger partial charge on any atom is 0.293 e. The van der Waals surface area contributed by atoms with Gasteiger partial charge in [0.15, 0.2) is 0 Å². The lowest BCUT2D eigenvalue weighted by molar-refractivity contribution is -0.384. The molecule has 1 saturated heterocycles. The van der Waals surface area contributed by atoms with Gasteiger partial charge < -0.3 is 15.1 Å². The molecule has 0 radical (unpaired) electrons. The number of carbonyl (C=O) groups is 1. The number of hydrogen-bond donors (Lipinski definition) is 1. The van der Waals surface area contributed by atoms with Gasteiger partial charge in [-0.15, -0.1) is 0 Å². The molecule has 0 spiro atoms. The molecule has 8 heteroatoms. The van der Waals surface area contributed by atoms with Crippen molar-refractivity contribution in [1.82, 2.24) is 10.2 Å². The molecule has 0 aromatic heterocycles. The van der Waals surface area contributed by atoms with E-state index in [1.54, 1.807) is 26.2 Å². The molecule has 1 aliphatic rings. The number of piperazine rings is 1. The van der Waals surface area contributed by atoms with Gasteiger partial charge >= 0.3 is 0 Å². The van der Waals surface area contributed by atoms with Crippen LogP contribution >= 0.6 is 15.9 Å². The largest absolute Gasteiger partial charge is 0.352 e. The average molecular weight is 357 g/mol. The number of nitrogens with zero attached hydrogens (tertiary/aromatic N) is 3. The van der Waals surface area contributed by atoms with Crippen molar-refractivity contribution in [3.8, 4) is 0 Å². The molecular weight excluding hydrogens is 340 g/mol. The fourth-order valence-corrected chi connectivity index (χ4v) is 2.75. The number of amides is 1. The molecule has 0 bridgehead atoms. The second-order valence-electron chi connectivity index (χ2n) is 5.04. The number of hydrogen-bond acceptors (Lipinski definition) is 5. The van der Waals surface area contributed by atoms with E-state index in [0.717, 1.165) is 0 Å². The predicted octanol–water partition coefficient (Wildman–Crippen LogP) is 1.22. The first-order valence-electron chi connectivity index (χ1n) is 6.54. The summed E-state index contributed by atoms with van der Waals surface area (Å²) < 4.78 is 0.642. The van der Waals surface area contributed by atoms with Crippen LogP contribution in [-0.4, -0.2) is 55.5 Å². The Bertz CT molecular complexity index is 564. The van der Waals surface area contributed by atoms with Crippen LogP contribution in [0, 0.1) is 10.1 Å². The summed E-state index contributed by atoms with van der Waals surface area (Å²) >= 11 is 3.25. The molecule has 1 N–H and O–H groups in total. The lowest BCUT2D eigenvalue weighted by Gasteiger charge is -2.37. The molecule has 0 aliphatic carbocycles. The minimum Gasteiger partial charge on any atom is -0.352 e. The Morgan fingerprint density at radius 2 is 2.24 bits per heavy atom. The van der Waals surface area contributed by atoms with E-state index >= 15 is 0 Å². The summed E-state index contributed by atoms with van der Waals surface area (Å²) in [4.78, 5) is 26.5. The van der Waals surface area contributed by atoms with Crippen LogP contribution in [0.2, 0.25) is 0 Å². The third-order valence-electron chi connectivity index (χ3n) is 3.41. The van der Waals surface area contributed by atoms with Crippen LogP contribution < -0.4 is 10.2 Å². The number of carbonyl (C=O) groups excluding carboxylic acids is 1. The van der Waals surface area contributed by atoms with Crippen LogP contribution in [0.4, 0.5) is 11.4 Å². The van der Waals surface area contributed by atoms with Gasteiger partial charge in [0, 0.05) is 44.3 Å². The first kappa shape index (κ1) is 15.7. The Morgan fingerprint density at radius 1 is 1.52 bits per heavy atom. The topological polar surface area (TPSA) is 78.7 Å². The first-order valence-corrected chi connectivity index (χ1v) is 7.33. The van der Waals surface area contributed by atoms with E-state index in [1.165, 1.54) is 11.0 Å². The zero-order chi connectivity index (χ0) is 15.6. The fourth-order valence-electron chi connectivity index (χ4n) is 2.40. The molecule has 7 nitrogen and oxygen atoms in total. The van der Waals surface area contributed by atoms with Crippen LogP contribution in [-0.2, 0) is 4.79 Å². The highest BCUT2D eigenvalue weighted by Gasteiger charge is 2.33. The molecule has 0 saturated carbocycles. The lowest BCUT2D eigenvalue weighted by Crippen LogP contribution is -2.58. The standard InChI is InChI=1S/C13H17BrN4O3/c1-16(2)13(19)12-8-15-5-6-17(12)10-4-3-9(14)7-11(10)18(20)21/h3-4,7,12,15H,5-6,8H2,1-2H3. The van der Waals surface area contributed by atoms with Crippen molar-refractivity contribution in [2.24, 2.45) is 0 Å². The van der Waals surface area contributed by atoms with Gasteiger partial charge in [0.1, 0.15) is 11.7 Å². The summed E-state index contributed by atoms with van der Waals surface area (Å²) in [7, 11) is 3.37. The van der Waals surface area contributed by atoms with Crippen molar-refractivity contribution < 1.29 is 9.72 Å². The van der Waals surface area contributed by atoms with E-state index in [-0.39, 0.29) is 11.6 Å². The molecule has 1 aromatic rings. The summed E-state index contributed by atoms with van der Waals surface area (Å²) in [6.45, 7) is 1.71. The van der Waals surface area contributed by atoms with Crippen LogP contribution in [0.15, 0.2) is 22.7 Å². The van der Waals surface area contributed by atoms with Gasteiger partial charge in [0.05, 0.1) is 4.92 Å². The lowest BCUT2D eigenvalue weighted by atomic mass is 10.1. The predicted molar refractivity (Wildman–Crippen MR) is 83.5 cm³/mol. The first-order chi connectivity index (χ1) is 9.91. The van der Waals surface area contributed by atoms with Crippen LogP contribution in [0.25, 0.3) is 0 Å². The van der Waals surface area contributed by atoms with Crippen molar-refractivity contribution in [2.75, 3.05) is 38.6 Å². The summed E-state index contributed by atoms with van der Waals surface area (Å²) in [6, 6.07) is 4.47. The Hall–Kier alpha value is -1.67. The summed E-state index contributed by atoms with van der Waals surface area (Å²) in [5, 5.41) is 14.4. The quantitative estimate of drug-likeness (QED) is 0.650. The Kier molecular flexibility index (Phi) is 4.79. The smallest absolute Gasteiger partial charge is 0.293 e. The normalized spacial score (nSPS) is 18.4. The SMILES string of the molecule is CN(C)C(=O)C1CNCCN1c1ccc(Br)cc1[N+](=O)[O-]. The molecule has 2 rings (SSSR count). The molecule has 21 heavy (non-hydrogen) atoms. The van der Waals surface area contributed by atoms with E-state index in [9.17, 15) is 14.9 Å². The van der Waals surface area contributed by atoms with E-state index in [1.807, 2.05) is 4.90 Å². The Balaban J connectivity index is 2.42. The highest BCUT2D eigenvalue weighted by molar-refractivity contribution is 9.10. The number of nitro benzene ring substituents is 1. The highest BCUT2D eigenvalue weighted by Crippen LogP contribution is 2.33. The van der Waals surface area contributed by atoms with Crippen LogP contribution in [0.3, 0.4) is 0 Å². The number of rotatable bonds is 3. The number of anilines is 1. The third-order valence-corrected chi connectivity index (χ3v) is 3.91. The van der Waals surface area contributed by atoms with Crippen molar-refractivity contribution in [3.63, 3.8) is 0 Å². The van der Waals surface area contributed by atoms with Gasteiger partial charge in [-0.25, -0.2) is 0 Å². The van der Waals surface area contributed by atoms with Gasteiger partial charge in [0.25, 0.3) is 5.69 Å². The maximum absolute atomic E-state index is 12.3. The summed E-state index contributed by atoms with van der Waals surface area (Å²) in [5.41, 5.74) is 0.479. The van der Waals surface area contributed by atoms with Gasteiger partial charge in [-0.2, -0.15) is 0 Å². The number of nitrogens with one attached hydrogen (secondary N) is 1. The van der Waals surface area contributed by atoms with Crippen molar-refractivity contribution in [3.05, 3.63) is 32.8 Å². The molecule has 1 amide bonds. The zero-order valence-electron chi connectivity index (χ0n) is 11.9. The Labute approximate surface area is 131 Å². The second-order valence-corrected chi connectivity index (χ2v) is 5.95. The summed E-state index contributed by atoms with van der Waals surface area (Å²) in [5.74, 6) is -0.0700. The number of likely N-dealkylation sites (N-methyl/N-ethyl adjacent to an activating group) is 1. The monoisotopic (exact) mass is 356 g/mol. The van der Waals surface area contributed by atoms with Crippen molar-refractivity contribution in [2.45, 2.75) is 6.04 Å². The van der Waals surface area contributed by atoms with Gasteiger partial charge in [-0.1, -0.05) is 15.9 Å². The van der Waals surface area contributed by atoms with E-state index < -0.39 is 11.0 Å². The van der Waals surface area contributed by atoms with Crippen molar-refractivity contribution >= 4 is 33.2 Å². The number of benzene rings is 1. The molecule has 1 fully saturated rings. The molecule has 1 aromatic carbocycles. The van der Waals surface area contributed by atoms with Crippen molar-refractivity contribution in [1.29, 1.82) is 0 Å². The molecule has 1 unspecified atom stereocenters. The van der Waals surface area contributed by atoms with Crippen LogP contribution in [0.5, 0.6) is 0 Å². The van der Waals surface area contributed by atoms with Gasteiger partial charge in [-0.3, -0.25) is 14.9 Å². The molecule has 1 heterocycles. The van der Waals surface area contributed by atoms with E-state index in [4.69, 9.17) is 0 Å². The average Bonchev–Trinajstić information content (AvgIpc) is 2.46. The maximum atomic E-state index is 12.3. The zero-order valence-corrected chi connectivity index (χ0v) is 13.5.